The average Bonchev–Trinajstić information content (AvgIpc) is 2.87. The molecule has 7 heteroatoms. The minimum absolute atomic E-state index is 0.0204. The largest absolute Gasteiger partial charge is 0.462 e. The number of hydrogen-bond acceptors (Lipinski definition) is 7. The number of nitrogens with zero attached hydrogens (tertiary/aromatic N) is 1. The first kappa shape index (κ1) is 34.9. The molecule has 0 amide bonds. The highest BCUT2D eigenvalue weighted by atomic mass is 16.9. The van der Waals surface area contributed by atoms with Gasteiger partial charge >= 0.3 is 5.97 Å². The van der Waals surface area contributed by atoms with Crippen LogP contribution >= 0.6 is 0 Å². The van der Waals surface area contributed by atoms with Crippen LogP contribution in [0.4, 0.5) is 0 Å². The summed E-state index contributed by atoms with van der Waals surface area (Å²) in [6.45, 7) is 23.9. The maximum atomic E-state index is 13.2. The predicted octanol–water partition coefficient (Wildman–Crippen LogP) is 7.78. The molecule has 0 radical (unpaired) electrons. The van der Waals surface area contributed by atoms with Crippen molar-refractivity contribution in [3.05, 3.63) is 70.3 Å². The van der Waals surface area contributed by atoms with E-state index in [0.717, 1.165) is 5.56 Å². The second-order valence-corrected chi connectivity index (χ2v) is 11.8. The van der Waals surface area contributed by atoms with E-state index in [1.165, 1.54) is 22.3 Å². The fraction of sp³-hybridized carbons (Fsp3) is 0.618. The summed E-state index contributed by atoms with van der Waals surface area (Å²) in [5.74, 6) is -1.71. The molecule has 0 saturated carbocycles. The smallest absolute Gasteiger partial charge is 0.314 e. The van der Waals surface area contributed by atoms with Crippen molar-refractivity contribution in [2.45, 2.75) is 106 Å². The van der Waals surface area contributed by atoms with Gasteiger partial charge in [0.1, 0.15) is 19.1 Å². The topological polar surface area (TPSA) is 66.5 Å². The zero-order chi connectivity index (χ0) is 30.8. The van der Waals surface area contributed by atoms with Crippen LogP contribution in [0.1, 0.15) is 102 Å². The molecule has 0 aliphatic heterocycles. The lowest BCUT2D eigenvalue weighted by molar-refractivity contribution is -0.376. The first-order chi connectivity index (χ1) is 19.3. The fourth-order valence-electron chi connectivity index (χ4n) is 5.35. The van der Waals surface area contributed by atoms with Crippen molar-refractivity contribution in [2.75, 3.05) is 26.4 Å². The van der Waals surface area contributed by atoms with E-state index in [1.54, 1.807) is 0 Å². The second kappa shape index (κ2) is 15.8. The Balaban J connectivity index is 2.43. The number of hydroxylamine groups is 2. The molecule has 0 spiro atoms. The van der Waals surface area contributed by atoms with E-state index in [-0.39, 0.29) is 30.5 Å². The van der Waals surface area contributed by atoms with E-state index in [9.17, 15) is 4.79 Å². The minimum atomic E-state index is -1.47. The SMILES string of the molecule is CCOC(CC(=O)OCC(ON(C(c1c(C)cc(C)cc1C)C(C)C)C(C)(C)C)c1ccccc1)(OCC)OCC. The standard InChI is InChI=1S/C34H53NO6/c1-12-38-34(39-13-2,40-14-3)22-30(36)37-23-29(28-18-16-15-17-19-28)41-35(33(9,10)11)32(24(4)5)31-26(7)20-25(6)21-27(31)8/h15-21,24,29,32H,12-14,22-23H2,1-11H3. The Morgan fingerprint density at radius 1 is 0.854 bits per heavy atom. The van der Waals surface area contributed by atoms with Gasteiger partial charge in [-0.15, -0.1) is 0 Å². The van der Waals surface area contributed by atoms with Crippen molar-refractivity contribution in [3.63, 3.8) is 0 Å². The lowest BCUT2D eigenvalue weighted by Crippen LogP contribution is -2.47. The van der Waals surface area contributed by atoms with Crippen LogP contribution in [0.3, 0.4) is 0 Å². The van der Waals surface area contributed by atoms with Crippen molar-refractivity contribution < 1.29 is 28.6 Å². The molecule has 2 rings (SSSR count). The van der Waals surface area contributed by atoms with Crippen LogP contribution in [0, 0.1) is 26.7 Å². The van der Waals surface area contributed by atoms with Gasteiger partial charge in [0.05, 0.1) is 6.04 Å². The molecular weight excluding hydrogens is 518 g/mol. The molecular formula is C34H53NO6. The molecule has 2 atom stereocenters. The van der Waals surface area contributed by atoms with E-state index in [4.69, 9.17) is 23.8 Å². The van der Waals surface area contributed by atoms with Gasteiger partial charge in [-0.05, 0) is 90.5 Å². The van der Waals surface area contributed by atoms with Crippen LogP contribution in [0.25, 0.3) is 0 Å². The van der Waals surface area contributed by atoms with Crippen LogP contribution in [-0.2, 0) is 28.6 Å². The lowest BCUT2D eigenvalue weighted by atomic mass is 9.86. The van der Waals surface area contributed by atoms with Gasteiger partial charge in [0.25, 0.3) is 5.97 Å². The van der Waals surface area contributed by atoms with Crippen molar-refractivity contribution in [1.82, 2.24) is 5.06 Å². The number of esters is 1. The molecule has 2 aromatic rings. The molecule has 230 valence electrons. The summed E-state index contributed by atoms with van der Waals surface area (Å²) in [6, 6.07) is 14.3. The number of hydrogen-bond donors (Lipinski definition) is 0. The third kappa shape index (κ3) is 9.90. The zero-order valence-electron chi connectivity index (χ0n) is 27.2. The van der Waals surface area contributed by atoms with E-state index in [2.05, 4.69) is 72.6 Å². The van der Waals surface area contributed by atoms with Crippen molar-refractivity contribution in [3.8, 4) is 0 Å². The number of ether oxygens (including phenoxy) is 4. The quantitative estimate of drug-likeness (QED) is 0.116. The van der Waals surface area contributed by atoms with Crippen LogP contribution in [-0.4, -0.2) is 49.0 Å². The van der Waals surface area contributed by atoms with Crippen LogP contribution in [0.2, 0.25) is 0 Å². The molecule has 0 aromatic heterocycles. The molecule has 0 aliphatic rings. The zero-order valence-corrected chi connectivity index (χ0v) is 27.2. The molecule has 41 heavy (non-hydrogen) atoms. The molecule has 0 aliphatic carbocycles. The van der Waals surface area contributed by atoms with Gasteiger partial charge in [-0.2, -0.15) is 5.06 Å². The molecule has 0 saturated heterocycles. The Kier molecular flexibility index (Phi) is 13.5. The number of rotatable bonds is 16. The summed E-state index contributed by atoms with van der Waals surface area (Å²) in [7, 11) is 0. The van der Waals surface area contributed by atoms with E-state index in [1.807, 2.05) is 51.1 Å². The fourth-order valence-corrected chi connectivity index (χ4v) is 5.35. The van der Waals surface area contributed by atoms with Gasteiger partial charge < -0.3 is 18.9 Å². The van der Waals surface area contributed by atoms with Gasteiger partial charge in [0, 0.05) is 25.4 Å². The lowest BCUT2D eigenvalue weighted by Gasteiger charge is -2.45. The van der Waals surface area contributed by atoms with Gasteiger partial charge in [0.2, 0.25) is 0 Å². The number of aryl methyl sites for hydroxylation is 3. The molecule has 0 heterocycles. The summed E-state index contributed by atoms with van der Waals surface area (Å²) in [5, 5.41) is 2.10. The van der Waals surface area contributed by atoms with Crippen molar-refractivity contribution in [1.29, 1.82) is 0 Å². The van der Waals surface area contributed by atoms with Crippen LogP contribution < -0.4 is 0 Å². The predicted molar refractivity (Wildman–Crippen MR) is 163 cm³/mol. The van der Waals surface area contributed by atoms with Crippen LogP contribution in [0.5, 0.6) is 0 Å². The number of carbonyl (C=O) groups excluding carboxylic acids is 1. The first-order valence-electron chi connectivity index (χ1n) is 14.9. The highest BCUT2D eigenvalue weighted by molar-refractivity contribution is 5.70. The van der Waals surface area contributed by atoms with Gasteiger partial charge in [-0.25, -0.2) is 0 Å². The van der Waals surface area contributed by atoms with Gasteiger partial charge in [-0.3, -0.25) is 9.63 Å². The van der Waals surface area contributed by atoms with E-state index in [0.29, 0.717) is 19.8 Å². The van der Waals surface area contributed by atoms with Gasteiger partial charge in [-0.1, -0.05) is 61.9 Å². The highest BCUT2D eigenvalue weighted by Crippen LogP contribution is 2.40. The molecule has 0 fully saturated rings. The monoisotopic (exact) mass is 571 g/mol. The summed E-state index contributed by atoms with van der Waals surface area (Å²) >= 11 is 0. The summed E-state index contributed by atoms with van der Waals surface area (Å²) < 4.78 is 23.0. The summed E-state index contributed by atoms with van der Waals surface area (Å²) in [5.41, 5.74) is 5.54. The number of benzene rings is 2. The average molecular weight is 572 g/mol. The van der Waals surface area contributed by atoms with Crippen molar-refractivity contribution >= 4 is 5.97 Å². The Hall–Kier alpha value is -2.29. The maximum Gasteiger partial charge on any atom is 0.314 e. The third-order valence-electron chi connectivity index (χ3n) is 6.84. The molecule has 0 N–H and O–H groups in total. The second-order valence-electron chi connectivity index (χ2n) is 11.8. The molecule has 2 aromatic carbocycles. The van der Waals surface area contributed by atoms with E-state index >= 15 is 0 Å². The number of carbonyl (C=O) groups is 1. The van der Waals surface area contributed by atoms with Gasteiger partial charge in [0.15, 0.2) is 0 Å². The Bertz CT molecular complexity index is 1040. The van der Waals surface area contributed by atoms with Crippen LogP contribution in [0.15, 0.2) is 42.5 Å². The molecule has 2 unspecified atom stereocenters. The Morgan fingerprint density at radius 2 is 1.37 bits per heavy atom. The Morgan fingerprint density at radius 3 is 1.80 bits per heavy atom. The third-order valence-corrected chi connectivity index (χ3v) is 6.84. The molecule has 7 nitrogen and oxygen atoms in total. The Labute approximate surface area is 248 Å². The van der Waals surface area contributed by atoms with Crippen molar-refractivity contribution in [2.24, 2.45) is 5.92 Å². The first-order valence-corrected chi connectivity index (χ1v) is 14.9. The maximum absolute atomic E-state index is 13.2. The molecule has 0 bridgehead atoms. The minimum Gasteiger partial charge on any atom is -0.462 e. The summed E-state index contributed by atoms with van der Waals surface area (Å²) in [6.07, 6.45) is -0.726. The summed E-state index contributed by atoms with van der Waals surface area (Å²) in [4.78, 5) is 20.1. The highest BCUT2D eigenvalue weighted by Gasteiger charge is 2.39. The van der Waals surface area contributed by atoms with E-state index < -0.39 is 18.0 Å². The normalized spacial score (nSPS) is 14.0.